The van der Waals surface area contributed by atoms with Crippen molar-refractivity contribution in [3.8, 4) is 0 Å². The molecule has 2 nitrogen and oxygen atoms in total. The third kappa shape index (κ3) is 6.27. The molecular formula is C21H37FN2. The number of H-pyrrole nitrogens is 1. The zero-order chi connectivity index (χ0) is 18.8. The molecule has 2 aromatic rings. The lowest BCUT2D eigenvalue weighted by molar-refractivity contribution is 0.116. The van der Waals surface area contributed by atoms with Gasteiger partial charge in [0.15, 0.2) is 0 Å². The summed E-state index contributed by atoms with van der Waals surface area (Å²) in [5.74, 6) is 0. The molecule has 0 radical (unpaired) electrons. The Balaban J connectivity index is 0.000000798. The lowest BCUT2D eigenvalue weighted by Gasteiger charge is -2.30. The average molecular weight is 337 g/mol. The van der Waals surface area contributed by atoms with Crippen LogP contribution in [0.2, 0.25) is 0 Å². The van der Waals surface area contributed by atoms with Gasteiger partial charge in [0.05, 0.1) is 0 Å². The van der Waals surface area contributed by atoms with E-state index < -0.39 is 5.67 Å². The summed E-state index contributed by atoms with van der Waals surface area (Å²) in [6.45, 7) is 17.6. The van der Waals surface area contributed by atoms with E-state index in [1.807, 2.05) is 47.6 Å². The van der Waals surface area contributed by atoms with Gasteiger partial charge in [-0.25, -0.2) is 4.39 Å². The Morgan fingerprint density at radius 1 is 1.04 bits per heavy atom. The first-order valence-corrected chi connectivity index (χ1v) is 9.53. The molecule has 3 rings (SSSR count). The minimum absolute atomic E-state index is 0.502. The van der Waals surface area contributed by atoms with Gasteiger partial charge in [-0.1, -0.05) is 59.7 Å². The number of hydrogen-bond acceptors (Lipinski definition) is 1. The standard InChI is InChI=1S/C15H19FN2.3C2H6/c1-15(2,16)10-18-8-7-12-11-5-3-4-6-13(11)17-14(12)9-18;3*1-2/h3-6,17H,7-10H2,1-2H3;3*1-2H3. The number of fused-ring (bicyclic) bond motifs is 3. The SMILES string of the molecule is CC.CC.CC.CC(C)(F)CN1CCc2c([nH]c3ccccc23)C1. The summed E-state index contributed by atoms with van der Waals surface area (Å²) in [6, 6.07) is 8.40. The van der Waals surface area contributed by atoms with Crippen LogP contribution in [0.5, 0.6) is 0 Å². The Morgan fingerprint density at radius 2 is 1.62 bits per heavy atom. The largest absolute Gasteiger partial charge is 0.357 e. The lowest BCUT2D eigenvalue weighted by atomic mass is 10.0. The quantitative estimate of drug-likeness (QED) is 0.676. The zero-order valence-corrected chi connectivity index (χ0v) is 17.0. The summed E-state index contributed by atoms with van der Waals surface area (Å²) in [7, 11) is 0. The lowest BCUT2D eigenvalue weighted by Crippen LogP contribution is -2.39. The Labute approximate surface area is 148 Å². The molecule has 138 valence electrons. The van der Waals surface area contributed by atoms with Gasteiger partial charge in [0.25, 0.3) is 0 Å². The van der Waals surface area contributed by atoms with Crippen molar-refractivity contribution in [2.75, 3.05) is 13.1 Å². The first kappa shape index (κ1) is 22.6. The Morgan fingerprint density at radius 3 is 2.21 bits per heavy atom. The first-order valence-electron chi connectivity index (χ1n) is 9.53. The maximum Gasteiger partial charge on any atom is 0.118 e. The first-order chi connectivity index (χ1) is 11.5. The van der Waals surface area contributed by atoms with Gasteiger partial charge in [0.1, 0.15) is 5.67 Å². The molecule has 0 saturated carbocycles. The normalized spacial score (nSPS) is 13.5. The van der Waals surface area contributed by atoms with E-state index in [1.165, 1.54) is 22.2 Å². The molecule has 0 bridgehead atoms. The fraction of sp³-hybridized carbons (Fsp3) is 0.619. The predicted molar refractivity (Wildman–Crippen MR) is 107 cm³/mol. The average Bonchev–Trinajstić information content (AvgIpc) is 2.96. The number of alkyl halides is 1. The van der Waals surface area contributed by atoms with Crippen LogP contribution in [-0.2, 0) is 13.0 Å². The Kier molecular flexibility index (Phi) is 10.6. The van der Waals surface area contributed by atoms with Gasteiger partial charge in [-0.2, -0.15) is 0 Å². The molecule has 0 atom stereocenters. The minimum Gasteiger partial charge on any atom is -0.357 e. The third-order valence-corrected chi connectivity index (χ3v) is 3.56. The van der Waals surface area contributed by atoms with Gasteiger partial charge in [-0.3, -0.25) is 4.90 Å². The summed E-state index contributed by atoms with van der Waals surface area (Å²) in [5.41, 5.74) is 2.75. The van der Waals surface area contributed by atoms with Crippen LogP contribution in [0.15, 0.2) is 24.3 Å². The second-order valence-corrected chi connectivity index (χ2v) is 5.81. The van der Waals surface area contributed by atoms with Crippen LogP contribution in [0.3, 0.4) is 0 Å². The van der Waals surface area contributed by atoms with E-state index in [0.717, 1.165) is 19.5 Å². The number of aromatic nitrogens is 1. The molecule has 1 aromatic heterocycles. The Hall–Kier alpha value is -1.35. The number of halogens is 1. The number of aromatic amines is 1. The number of nitrogens with zero attached hydrogens (tertiary/aromatic N) is 1. The van der Waals surface area contributed by atoms with Crippen LogP contribution in [0, 0.1) is 0 Å². The molecule has 0 spiro atoms. The van der Waals surface area contributed by atoms with Gasteiger partial charge in [0, 0.05) is 36.2 Å². The van der Waals surface area contributed by atoms with E-state index in [2.05, 4.69) is 28.1 Å². The van der Waals surface area contributed by atoms with Gasteiger partial charge in [-0.15, -0.1) is 0 Å². The molecule has 2 heterocycles. The van der Waals surface area contributed by atoms with Crippen molar-refractivity contribution < 1.29 is 4.39 Å². The van der Waals surface area contributed by atoms with Crippen LogP contribution in [0.1, 0.15) is 66.6 Å². The third-order valence-electron chi connectivity index (χ3n) is 3.56. The van der Waals surface area contributed by atoms with Crippen LogP contribution in [-0.4, -0.2) is 28.6 Å². The summed E-state index contributed by atoms with van der Waals surface area (Å²) in [4.78, 5) is 5.66. The Bertz CT molecular complexity index is 567. The molecule has 0 saturated heterocycles. The maximum absolute atomic E-state index is 13.7. The van der Waals surface area contributed by atoms with Gasteiger partial charge in [-0.05, 0) is 31.9 Å². The van der Waals surface area contributed by atoms with Crippen molar-refractivity contribution >= 4 is 10.9 Å². The minimum atomic E-state index is -1.12. The molecule has 0 amide bonds. The van der Waals surface area contributed by atoms with Gasteiger partial charge >= 0.3 is 0 Å². The highest BCUT2D eigenvalue weighted by Crippen LogP contribution is 2.28. The van der Waals surface area contributed by atoms with E-state index in [4.69, 9.17) is 0 Å². The zero-order valence-electron chi connectivity index (χ0n) is 17.0. The van der Waals surface area contributed by atoms with Crippen molar-refractivity contribution in [2.24, 2.45) is 0 Å². The summed E-state index contributed by atoms with van der Waals surface area (Å²) in [5, 5.41) is 1.33. The second kappa shape index (κ2) is 11.2. The van der Waals surface area contributed by atoms with Crippen molar-refractivity contribution in [2.45, 2.75) is 74.0 Å². The fourth-order valence-electron chi connectivity index (χ4n) is 2.92. The molecule has 0 aliphatic carbocycles. The van der Waals surface area contributed by atoms with E-state index >= 15 is 0 Å². The topological polar surface area (TPSA) is 19.0 Å². The van der Waals surface area contributed by atoms with Crippen LogP contribution < -0.4 is 0 Å². The summed E-state index contributed by atoms with van der Waals surface area (Å²) >= 11 is 0. The molecule has 3 heteroatoms. The molecule has 0 unspecified atom stereocenters. The second-order valence-electron chi connectivity index (χ2n) is 5.81. The van der Waals surface area contributed by atoms with Crippen molar-refractivity contribution in [1.82, 2.24) is 9.88 Å². The molecular weight excluding hydrogens is 299 g/mol. The fourth-order valence-corrected chi connectivity index (χ4v) is 2.92. The van der Waals surface area contributed by atoms with Crippen LogP contribution in [0.25, 0.3) is 10.9 Å². The highest BCUT2D eigenvalue weighted by Gasteiger charge is 2.25. The van der Waals surface area contributed by atoms with Crippen LogP contribution in [0.4, 0.5) is 4.39 Å². The highest BCUT2D eigenvalue weighted by atomic mass is 19.1. The van der Waals surface area contributed by atoms with E-state index in [-0.39, 0.29) is 0 Å². The number of nitrogens with one attached hydrogen (secondary N) is 1. The van der Waals surface area contributed by atoms with E-state index in [1.54, 1.807) is 13.8 Å². The summed E-state index contributed by atoms with van der Waals surface area (Å²) in [6.07, 6.45) is 1.01. The summed E-state index contributed by atoms with van der Waals surface area (Å²) < 4.78 is 13.7. The predicted octanol–water partition coefficient (Wildman–Crippen LogP) is 6.35. The monoisotopic (exact) mass is 336 g/mol. The van der Waals surface area contributed by atoms with E-state index in [9.17, 15) is 4.39 Å². The number of para-hydroxylation sites is 1. The molecule has 0 fully saturated rings. The van der Waals surface area contributed by atoms with Gasteiger partial charge < -0.3 is 4.98 Å². The molecule has 24 heavy (non-hydrogen) atoms. The molecule has 1 aliphatic rings. The number of rotatable bonds is 2. The van der Waals surface area contributed by atoms with Gasteiger partial charge in [0.2, 0.25) is 0 Å². The number of benzene rings is 1. The molecule has 1 aromatic carbocycles. The number of hydrogen-bond donors (Lipinski definition) is 1. The molecule has 1 aliphatic heterocycles. The molecule has 1 N–H and O–H groups in total. The smallest absolute Gasteiger partial charge is 0.118 e. The van der Waals surface area contributed by atoms with Crippen LogP contribution >= 0.6 is 0 Å². The van der Waals surface area contributed by atoms with Crippen molar-refractivity contribution in [3.63, 3.8) is 0 Å². The van der Waals surface area contributed by atoms with Crippen molar-refractivity contribution in [3.05, 3.63) is 35.5 Å². The highest BCUT2D eigenvalue weighted by molar-refractivity contribution is 5.84. The maximum atomic E-state index is 13.7. The van der Waals surface area contributed by atoms with Crippen molar-refractivity contribution in [1.29, 1.82) is 0 Å². The van der Waals surface area contributed by atoms with E-state index in [0.29, 0.717) is 6.54 Å².